The van der Waals surface area contributed by atoms with Crippen LogP contribution in [0.2, 0.25) is 0 Å². The summed E-state index contributed by atoms with van der Waals surface area (Å²) in [5.74, 6) is 0.581. The summed E-state index contributed by atoms with van der Waals surface area (Å²) < 4.78 is 5.05. The van der Waals surface area contributed by atoms with Gasteiger partial charge >= 0.3 is 0 Å². The Kier molecular flexibility index (Phi) is 6.15. The van der Waals surface area contributed by atoms with Crippen LogP contribution >= 0.6 is 12.2 Å². The Morgan fingerprint density at radius 3 is 2.50 bits per heavy atom. The average Bonchev–Trinajstić information content (AvgIpc) is 2.55. The molecular weight excluding hydrogens is 318 g/mol. The molecule has 24 heavy (non-hydrogen) atoms. The van der Waals surface area contributed by atoms with Crippen molar-refractivity contribution in [2.24, 2.45) is 0 Å². The molecule has 0 amide bonds. The summed E-state index contributed by atoms with van der Waals surface area (Å²) in [6.07, 6.45) is 2.67. The van der Waals surface area contributed by atoms with Gasteiger partial charge in [-0.3, -0.25) is 0 Å². The van der Waals surface area contributed by atoms with Crippen molar-refractivity contribution < 1.29 is 4.74 Å². The lowest BCUT2D eigenvalue weighted by atomic mass is 9.79. The van der Waals surface area contributed by atoms with Crippen molar-refractivity contribution >= 4 is 23.0 Å². The molecule has 1 aromatic heterocycles. The number of thiocarbonyl (C=S) groups is 1. The summed E-state index contributed by atoms with van der Waals surface area (Å²) in [6, 6.07) is 14.5. The van der Waals surface area contributed by atoms with Crippen LogP contribution in [0.15, 0.2) is 48.7 Å². The van der Waals surface area contributed by atoms with Crippen molar-refractivity contribution in [3.8, 4) is 5.88 Å². The standard InChI is InChI=1S/C19H25N3OS/c1-14(12-19(2,3)15-8-6-5-7-9-15)21-18(24)22-16-10-11-17(23-4)20-13-16/h5-11,13-14H,12H2,1-4H3,(H2,21,22,24)/t14-/m0/s1. The zero-order valence-electron chi connectivity index (χ0n) is 14.7. The molecule has 2 rings (SSSR count). The minimum Gasteiger partial charge on any atom is -0.481 e. The molecule has 0 aliphatic carbocycles. The SMILES string of the molecule is COc1ccc(NC(=S)N[C@@H](C)CC(C)(C)c2ccccc2)cn1. The molecule has 0 saturated carbocycles. The fraction of sp³-hybridized carbons (Fsp3) is 0.368. The van der Waals surface area contributed by atoms with Gasteiger partial charge in [-0.2, -0.15) is 0 Å². The molecule has 2 aromatic rings. The predicted molar refractivity (Wildman–Crippen MR) is 104 cm³/mol. The van der Waals surface area contributed by atoms with Gasteiger partial charge in [0.15, 0.2) is 5.11 Å². The largest absolute Gasteiger partial charge is 0.481 e. The monoisotopic (exact) mass is 343 g/mol. The number of nitrogens with one attached hydrogen (secondary N) is 2. The van der Waals surface area contributed by atoms with Crippen LogP contribution in [0.5, 0.6) is 5.88 Å². The molecule has 0 saturated heterocycles. The number of anilines is 1. The van der Waals surface area contributed by atoms with Crippen LogP contribution in [0, 0.1) is 0 Å². The summed E-state index contributed by atoms with van der Waals surface area (Å²) in [7, 11) is 1.60. The molecule has 0 aliphatic rings. The molecule has 1 aromatic carbocycles. The lowest BCUT2D eigenvalue weighted by molar-refractivity contribution is 0.398. The molecular formula is C19H25N3OS. The number of hydrogen-bond acceptors (Lipinski definition) is 3. The Hall–Kier alpha value is -2.14. The van der Waals surface area contributed by atoms with Gasteiger partial charge in [0.25, 0.3) is 0 Å². The number of pyridine rings is 1. The van der Waals surface area contributed by atoms with Gasteiger partial charge in [-0.15, -0.1) is 0 Å². The molecule has 1 atom stereocenters. The fourth-order valence-electron chi connectivity index (χ4n) is 2.79. The van der Waals surface area contributed by atoms with Gasteiger partial charge < -0.3 is 15.4 Å². The normalized spacial score (nSPS) is 12.3. The van der Waals surface area contributed by atoms with E-state index in [9.17, 15) is 0 Å². The summed E-state index contributed by atoms with van der Waals surface area (Å²) >= 11 is 5.40. The van der Waals surface area contributed by atoms with E-state index in [2.05, 4.69) is 60.7 Å². The first-order valence-electron chi connectivity index (χ1n) is 8.04. The van der Waals surface area contributed by atoms with Gasteiger partial charge in [0.1, 0.15) is 0 Å². The summed E-state index contributed by atoms with van der Waals surface area (Å²) in [5, 5.41) is 7.09. The maximum absolute atomic E-state index is 5.40. The Balaban J connectivity index is 1.89. The molecule has 0 aliphatic heterocycles. The van der Waals surface area contributed by atoms with Crippen molar-refractivity contribution in [2.45, 2.75) is 38.6 Å². The van der Waals surface area contributed by atoms with E-state index in [0.717, 1.165) is 12.1 Å². The van der Waals surface area contributed by atoms with Crippen LogP contribution < -0.4 is 15.4 Å². The van der Waals surface area contributed by atoms with Gasteiger partial charge in [-0.25, -0.2) is 4.98 Å². The quantitative estimate of drug-likeness (QED) is 0.772. The Bertz CT molecular complexity index is 656. The van der Waals surface area contributed by atoms with Crippen LogP contribution in [-0.2, 0) is 5.41 Å². The first-order valence-corrected chi connectivity index (χ1v) is 8.44. The summed E-state index contributed by atoms with van der Waals surface area (Å²) in [5.41, 5.74) is 2.24. The minimum atomic E-state index is 0.0744. The first-order chi connectivity index (χ1) is 11.4. The molecule has 0 unspecified atom stereocenters. The molecule has 4 nitrogen and oxygen atoms in total. The van der Waals surface area contributed by atoms with Crippen molar-refractivity contribution in [1.29, 1.82) is 0 Å². The average molecular weight is 343 g/mol. The highest BCUT2D eigenvalue weighted by atomic mass is 32.1. The molecule has 0 radical (unpaired) electrons. The second kappa shape index (κ2) is 8.11. The maximum Gasteiger partial charge on any atom is 0.213 e. The van der Waals surface area contributed by atoms with Gasteiger partial charge in [-0.1, -0.05) is 44.2 Å². The van der Waals surface area contributed by atoms with Crippen LogP contribution in [0.4, 0.5) is 5.69 Å². The third kappa shape index (κ3) is 5.20. The molecule has 5 heteroatoms. The molecule has 128 valence electrons. The van der Waals surface area contributed by atoms with Gasteiger partial charge in [0.2, 0.25) is 5.88 Å². The smallest absolute Gasteiger partial charge is 0.213 e. The zero-order valence-corrected chi connectivity index (χ0v) is 15.5. The van der Waals surface area contributed by atoms with Crippen molar-refractivity contribution in [1.82, 2.24) is 10.3 Å². The van der Waals surface area contributed by atoms with Crippen molar-refractivity contribution in [3.63, 3.8) is 0 Å². The Labute approximate surface area is 149 Å². The Morgan fingerprint density at radius 2 is 1.92 bits per heavy atom. The van der Waals surface area contributed by atoms with E-state index in [4.69, 9.17) is 17.0 Å². The summed E-state index contributed by atoms with van der Waals surface area (Å²) in [6.45, 7) is 6.65. The number of rotatable bonds is 6. The van der Waals surface area contributed by atoms with Crippen molar-refractivity contribution in [2.75, 3.05) is 12.4 Å². The van der Waals surface area contributed by atoms with Crippen LogP contribution in [0.3, 0.4) is 0 Å². The van der Waals surface area contributed by atoms with E-state index in [0.29, 0.717) is 11.0 Å². The number of nitrogens with zero attached hydrogens (tertiary/aromatic N) is 1. The molecule has 1 heterocycles. The number of methoxy groups -OCH3 is 1. The van der Waals surface area contributed by atoms with Crippen LogP contribution in [-0.4, -0.2) is 23.2 Å². The molecule has 0 bridgehead atoms. The molecule has 0 fully saturated rings. The third-order valence-electron chi connectivity index (χ3n) is 3.95. The number of benzene rings is 1. The lowest BCUT2D eigenvalue weighted by Gasteiger charge is -2.29. The second-order valence-electron chi connectivity index (χ2n) is 6.54. The van der Waals surface area contributed by atoms with Gasteiger partial charge in [-0.05, 0) is 42.6 Å². The molecule has 2 N–H and O–H groups in total. The zero-order chi connectivity index (χ0) is 17.6. The lowest BCUT2D eigenvalue weighted by Crippen LogP contribution is -2.39. The van der Waals surface area contributed by atoms with E-state index in [1.54, 1.807) is 19.4 Å². The van der Waals surface area contributed by atoms with E-state index >= 15 is 0 Å². The molecule has 0 spiro atoms. The van der Waals surface area contributed by atoms with E-state index < -0.39 is 0 Å². The predicted octanol–water partition coefficient (Wildman–Crippen LogP) is 4.13. The second-order valence-corrected chi connectivity index (χ2v) is 6.95. The van der Waals surface area contributed by atoms with Crippen LogP contribution in [0.1, 0.15) is 32.8 Å². The number of ether oxygens (including phenoxy) is 1. The minimum absolute atomic E-state index is 0.0744. The summed E-state index contributed by atoms with van der Waals surface area (Å²) in [4.78, 5) is 4.16. The number of hydrogen-bond donors (Lipinski definition) is 2. The highest BCUT2D eigenvalue weighted by Gasteiger charge is 2.23. The first kappa shape index (κ1) is 18.2. The third-order valence-corrected chi connectivity index (χ3v) is 4.17. The fourth-order valence-corrected chi connectivity index (χ4v) is 3.11. The number of aromatic nitrogens is 1. The van der Waals surface area contributed by atoms with Gasteiger partial charge in [0.05, 0.1) is 19.0 Å². The van der Waals surface area contributed by atoms with Crippen molar-refractivity contribution in [3.05, 3.63) is 54.2 Å². The Morgan fingerprint density at radius 1 is 1.21 bits per heavy atom. The van der Waals surface area contributed by atoms with Crippen LogP contribution in [0.25, 0.3) is 0 Å². The van der Waals surface area contributed by atoms with E-state index in [-0.39, 0.29) is 11.5 Å². The highest BCUT2D eigenvalue weighted by Crippen LogP contribution is 2.28. The maximum atomic E-state index is 5.40. The van der Waals surface area contributed by atoms with E-state index in [1.165, 1.54) is 5.56 Å². The van der Waals surface area contributed by atoms with Gasteiger partial charge in [0, 0.05) is 12.1 Å². The van der Waals surface area contributed by atoms with E-state index in [1.807, 2.05) is 12.1 Å². The highest BCUT2D eigenvalue weighted by molar-refractivity contribution is 7.80. The topological polar surface area (TPSA) is 46.2 Å².